The second-order valence-corrected chi connectivity index (χ2v) is 13.8. The first-order valence-electron chi connectivity index (χ1n) is 14.8. The topological polar surface area (TPSA) is 44.8 Å². The summed E-state index contributed by atoms with van der Waals surface area (Å²) in [5.41, 5.74) is 0.758. The van der Waals surface area contributed by atoms with Crippen LogP contribution in [0.1, 0.15) is 99.3 Å². The smallest absolute Gasteiger partial charge is 0.305 e. The van der Waals surface area contributed by atoms with Gasteiger partial charge in [-0.05, 0) is 103 Å². The summed E-state index contributed by atoms with van der Waals surface area (Å²) in [6.45, 7) is 15.6. The summed E-state index contributed by atoms with van der Waals surface area (Å²) in [4.78, 5) is 11.9. The molecule has 0 bridgehead atoms. The Morgan fingerprint density at radius 2 is 1.80 bits per heavy atom. The summed E-state index contributed by atoms with van der Waals surface area (Å²) in [7, 11) is 3.28. The van der Waals surface area contributed by atoms with Crippen molar-refractivity contribution in [2.45, 2.75) is 105 Å². The van der Waals surface area contributed by atoms with Crippen molar-refractivity contribution in [2.24, 2.45) is 64.1 Å². The van der Waals surface area contributed by atoms with Gasteiger partial charge in [0.1, 0.15) is 6.79 Å². The largest absolute Gasteiger partial charge is 0.469 e. The van der Waals surface area contributed by atoms with Crippen LogP contribution in [0.3, 0.4) is 0 Å². The zero-order valence-corrected chi connectivity index (χ0v) is 24.0. The lowest BCUT2D eigenvalue weighted by Crippen LogP contribution is -2.64. The van der Waals surface area contributed by atoms with Crippen LogP contribution in [0.5, 0.6) is 0 Å². The molecule has 0 N–H and O–H groups in total. The van der Waals surface area contributed by atoms with E-state index in [1.807, 2.05) is 0 Å². The van der Waals surface area contributed by atoms with Crippen LogP contribution < -0.4 is 0 Å². The molecule has 4 nitrogen and oxygen atoms in total. The molecule has 0 radical (unpaired) electrons. The molecule has 0 saturated heterocycles. The molecule has 35 heavy (non-hydrogen) atoms. The van der Waals surface area contributed by atoms with E-state index < -0.39 is 0 Å². The van der Waals surface area contributed by atoms with Gasteiger partial charge in [0.25, 0.3) is 0 Å². The first-order chi connectivity index (χ1) is 16.6. The molecule has 0 heterocycles. The number of ether oxygens (including phenoxy) is 3. The third-order valence-corrected chi connectivity index (χ3v) is 12.1. The fourth-order valence-corrected chi connectivity index (χ4v) is 10.8. The van der Waals surface area contributed by atoms with E-state index in [1.54, 1.807) is 7.11 Å². The summed E-state index contributed by atoms with van der Waals surface area (Å²) in [5, 5.41) is 0. The second-order valence-electron chi connectivity index (χ2n) is 13.8. The first-order valence-corrected chi connectivity index (χ1v) is 14.8. The van der Waals surface area contributed by atoms with Crippen molar-refractivity contribution in [3.63, 3.8) is 0 Å². The number of hydrogen-bond acceptors (Lipinski definition) is 4. The van der Waals surface area contributed by atoms with Crippen molar-refractivity contribution in [3.8, 4) is 0 Å². The molecular weight excluding hydrogens is 436 g/mol. The fraction of sp³-hybridized carbons (Fsp3) is 0.968. The Balaban J connectivity index is 1.69. The summed E-state index contributed by atoms with van der Waals surface area (Å²) >= 11 is 0. The summed E-state index contributed by atoms with van der Waals surface area (Å²) < 4.78 is 17.2. The maximum Gasteiger partial charge on any atom is 0.305 e. The van der Waals surface area contributed by atoms with Gasteiger partial charge >= 0.3 is 5.97 Å². The fourth-order valence-electron chi connectivity index (χ4n) is 10.8. The maximum atomic E-state index is 11.9. The van der Waals surface area contributed by atoms with Crippen LogP contribution in [0.25, 0.3) is 0 Å². The van der Waals surface area contributed by atoms with Crippen LogP contribution in [-0.4, -0.2) is 33.1 Å². The van der Waals surface area contributed by atoms with Gasteiger partial charge in [-0.25, -0.2) is 0 Å². The molecule has 0 aromatic heterocycles. The Labute approximate surface area is 215 Å². The maximum absolute atomic E-state index is 11.9. The zero-order chi connectivity index (χ0) is 25.5. The predicted octanol–water partition coefficient (Wildman–Crippen LogP) is 7.35. The van der Waals surface area contributed by atoms with Crippen LogP contribution in [0.4, 0.5) is 0 Å². The van der Waals surface area contributed by atoms with E-state index in [0.29, 0.717) is 65.7 Å². The van der Waals surface area contributed by atoms with Gasteiger partial charge < -0.3 is 14.2 Å². The lowest BCUT2D eigenvalue weighted by molar-refractivity contribution is -0.244. The summed E-state index contributed by atoms with van der Waals surface area (Å²) in [5.74, 6) is 6.18. The molecule has 4 aliphatic carbocycles. The van der Waals surface area contributed by atoms with Crippen molar-refractivity contribution in [3.05, 3.63) is 0 Å². The minimum Gasteiger partial charge on any atom is -0.469 e. The van der Waals surface area contributed by atoms with Crippen LogP contribution in [0.15, 0.2) is 0 Å². The van der Waals surface area contributed by atoms with Gasteiger partial charge in [0, 0.05) is 13.5 Å². The summed E-state index contributed by atoms with van der Waals surface area (Å²) in [6, 6.07) is 0. The van der Waals surface area contributed by atoms with Crippen LogP contribution in [-0.2, 0) is 19.0 Å². The minimum absolute atomic E-state index is 0.0646. The molecule has 4 saturated carbocycles. The molecule has 0 aromatic carbocycles. The second kappa shape index (κ2) is 10.6. The molecule has 0 spiro atoms. The van der Waals surface area contributed by atoms with Crippen LogP contribution in [0, 0.1) is 64.1 Å². The van der Waals surface area contributed by atoms with Gasteiger partial charge in [0.2, 0.25) is 0 Å². The highest BCUT2D eigenvalue weighted by molar-refractivity contribution is 5.69. The normalized spacial score (nSPS) is 47.9. The molecule has 5 unspecified atom stereocenters. The highest BCUT2D eigenvalue weighted by Crippen LogP contribution is 2.71. The standard InChI is InChI=1S/C31H54O4/c1-9-22-25-16-19(2)14-15-30(25,5)28-21(4)17-31(6)23(20(3)10-13-26(32)34-8)11-12-24(31)27(28)29(22)35-18-33-7/h19-25,27-29H,9-18H2,1-8H3/t19-,20-,21?,22-,23-,24?,25+,27?,28?,29?,30+,31-/m1/s1. The molecule has 0 aromatic rings. The number of fused-ring (bicyclic) bond motifs is 5. The summed E-state index contributed by atoms with van der Waals surface area (Å²) in [6.07, 6.45) is 11.1. The Bertz CT molecular complexity index is 737. The Hall–Kier alpha value is -0.610. The van der Waals surface area contributed by atoms with E-state index in [1.165, 1.54) is 52.1 Å². The predicted molar refractivity (Wildman–Crippen MR) is 141 cm³/mol. The van der Waals surface area contributed by atoms with Gasteiger partial charge in [-0.1, -0.05) is 54.4 Å². The van der Waals surface area contributed by atoms with Gasteiger partial charge in [0.15, 0.2) is 0 Å². The average Bonchev–Trinajstić information content (AvgIpc) is 3.17. The van der Waals surface area contributed by atoms with E-state index in [4.69, 9.17) is 14.2 Å². The molecule has 0 aliphatic heterocycles. The number of rotatable bonds is 8. The third kappa shape index (κ3) is 4.62. The number of methoxy groups -OCH3 is 2. The van der Waals surface area contributed by atoms with Crippen molar-refractivity contribution in [1.82, 2.24) is 0 Å². The Morgan fingerprint density at radius 3 is 2.46 bits per heavy atom. The van der Waals surface area contributed by atoms with E-state index in [2.05, 4.69) is 41.5 Å². The van der Waals surface area contributed by atoms with Crippen molar-refractivity contribution in [2.75, 3.05) is 21.0 Å². The average molecular weight is 491 g/mol. The van der Waals surface area contributed by atoms with Crippen molar-refractivity contribution >= 4 is 5.97 Å². The van der Waals surface area contributed by atoms with Gasteiger partial charge in [0.05, 0.1) is 13.2 Å². The minimum atomic E-state index is -0.0646. The van der Waals surface area contributed by atoms with Gasteiger partial charge in [-0.3, -0.25) is 4.79 Å². The van der Waals surface area contributed by atoms with Gasteiger partial charge in [-0.2, -0.15) is 0 Å². The SMILES string of the molecule is CC[C@H]1C(OCOC)C2C3CC[C@H]([C@H](C)CCC(=O)OC)[C@@]3(C)CC(C)C2[C@@]2(C)CC[C@@H](C)C[C@@H]12. The molecule has 4 aliphatic rings. The quantitative estimate of drug-likeness (QED) is 0.263. The van der Waals surface area contributed by atoms with E-state index >= 15 is 0 Å². The Morgan fingerprint density at radius 1 is 1.06 bits per heavy atom. The van der Waals surface area contributed by atoms with Crippen molar-refractivity contribution < 1.29 is 19.0 Å². The molecule has 12 atom stereocenters. The molecule has 0 amide bonds. The first kappa shape index (κ1) is 27.4. The number of esters is 1. The number of carbonyl (C=O) groups excluding carboxylic acids is 1. The monoisotopic (exact) mass is 490 g/mol. The highest BCUT2D eigenvalue weighted by atomic mass is 16.7. The lowest BCUT2D eigenvalue weighted by Gasteiger charge is -2.67. The molecule has 4 fully saturated rings. The van der Waals surface area contributed by atoms with Crippen molar-refractivity contribution in [1.29, 1.82) is 0 Å². The van der Waals surface area contributed by atoms with Crippen LogP contribution >= 0.6 is 0 Å². The third-order valence-electron chi connectivity index (χ3n) is 12.1. The lowest BCUT2D eigenvalue weighted by atomic mass is 9.39. The van der Waals surface area contributed by atoms with Gasteiger partial charge in [-0.15, -0.1) is 0 Å². The molecule has 4 rings (SSSR count). The molecule has 202 valence electrons. The van der Waals surface area contributed by atoms with Crippen LogP contribution in [0.2, 0.25) is 0 Å². The van der Waals surface area contributed by atoms with E-state index in [9.17, 15) is 4.79 Å². The number of carbonyl (C=O) groups is 1. The van der Waals surface area contributed by atoms with E-state index in [-0.39, 0.29) is 5.97 Å². The molecule has 4 heteroatoms. The molecular formula is C31H54O4. The number of hydrogen-bond donors (Lipinski definition) is 0. The zero-order valence-electron chi connectivity index (χ0n) is 24.0. The van der Waals surface area contributed by atoms with E-state index in [0.717, 1.165) is 24.2 Å². The highest BCUT2D eigenvalue weighted by Gasteiger charge is 2.66. The Kier molecular flexibility index (Phi) is 8.33.